The van der Waals surface area contributed by atoms with Crippen LogP contribution in [0.15, 0.2) is 28.7 Å². The lowest BCUT2D eigenvalue weighted by atomic mass is 10.2. The van der Waals surface area contributed by atoms with Crippen LogP contribution in [0.1, 0.15) is 50.0 Å². The summed E-state index contributed by atoms with van der Waals surface area (Å²) in [5, 5.41) is 8.30. The molecule has 0 saturated heterocycles. The smallest absolute Gasteiger partial charge is 0.230 e. The van der Waals surface area contributed by atoms with Crippen LogP contribution in [0.2, 0.25) is 0 Å². The van der Waals surface area contributed by atoms with Gasteiger partial charge in [-0.15, -0.1) is 10.2 Å². The lowest BCUT2D eigenvalue weighted by Crippen LogP contribution is -2.25. The first-order valence-electron chi connectivity index (χ1n) is 7.85. The molecule has 2 aromatic rings. The fraction of sp³-hybridized carbons (Fsp3) is 0.529. The molecule has 1 heterocycles. The van der Waals surface area contributed by atoms with E-state index in [4.69, 9.17) is 9.15 Å². The van der Waals surface area contributed by atoms with Gasteiger partial charge >= 0.3 is 0 Å². The quantitative estimate of drug-likeness (QED) is 0.785. The van der Waals surface area contributed by atoms with Crippen molar-refractivity contribution in [2.24, 2.45) is 0 Å². The molecule has 1 saturated carbocycles. The molecule has 5 heteroatoms. The van der Waals surface area contributed by atoms with Gasteiger partial charge in [-0.2, -0.15) is 0 Å². The summed E-state index contributed by atoms with van der Waals surface area (Å²) in [6.45, 7) is 5.74. The number of rotatable bonds is 7. The van der Waals surface area contributed by atoms with Gasteiger partial charge in [-0.3, -0.25) is 4.90 Å². The summed E-state index contributed by atoms with van der Waals surface area (Å²) in [5.41, 5.74) is 1.27. The van der Waals surface area contributed by atoms with Crippen LogP contribution in [0, 0.1) is 0 Å². The van der Waals surface area contributed by atoms with Crippen molar-refractivity contribution in [3.05, 3.63) is 41.6 Å². The van der Waals surface area contributed by atoms with E-state index >= 15 is 0 Å². The van der Waals surface area contributed by atoms with Gasteiger partial charge in [-0.25, -0.2) is 0 Å². The monoisotopic (exact) mass is 301 g/mol. The predicted octanol–water partition coefficient (Wildman–Crippen LogP) is 3.37. The second-order valence-electron chi connectivity index (χ2n) is 6.17. The molecule has 1 fully saturated rings. The molecule has 0 aliphatic heterocycles. The largest absolute Gasteiger partial charge is 0.497 e. The predicted molar refractivity (Wildman–Crippen MR) is 83.7 cm³/mol. The van der Waals surface area contributed by atoms with E-state index in [0.29, 0.717) is 11.9 Å². The van der Waals surface area contributed by atoms with Crippen molar-refractivity contribution in [3.63, 3.8) is 0 Å². The molecule has 1 aromatic carbocycles. The normalized spacial score (nSPS) is 14.8. The van der Waals surface area contributed by atoms with Crippen LogP contribution in [-0.2, 0) is 13.1 Å². The minimum atomic E-state index is 0.275. The lowest BCUT2D eigenvalue weighted by molar-refractivity contribution is 0.217. The van der Waals surface area contributed by atoms with Gasteiger partial charge < -0.3 is 9.15 Å². The van der Waals surface area contributed by atoms with Crippen LogP contribution in [-0.4, -0.2) is 28.2 Å². The maximum absolute atomic E-state index is 5.74. The topological polar surface area (TPSA) is 51.4 Å². The van der Waals surface area contributed by atoms with Gasteiger partial charge in [0.05, 0.1) is 13.7 Å². The lowest BCUT2D eigenvalue weighted by Gasteiger charge is -2.20. The molecule has 0 N–H and O–H groups in total. The van der Waals surface area contributed by atoms with Gasteiger partial charge in [-0.05, 0) is 30.5 Å². The van der Waals surface area contributed by atoms with Gasteiger partial charge in [0.1, 0.15) is 5.75 Å². The molecule has 1 aromatic heterocycles. The number of nitrogens with zero attached hydrogens (tertiary/aromatic N) is 3. The summed E-state index contributed by atoms with van der Waals surface area (Å²) < 4.78 is 11.0. The zero-order chi connectivity index (χ0) is 15.5. The maximum Gasteiger partial charge on any atom is 0.230 e. The third-order valence-electron chi connectivity index (χ3n) is 3.92. The Balaban J connectivity index is 1.66. The molecule has 0 spiro atoms. The molecule has 0 unspecified atom stereocenters. The highest BCUT2D eigenvalue weighted by Crippen LogP contribution is 2.30. The van der Waals surface area contributed by atoms with Gasteiger partial charge in [0.25, 0.3) is 0 Å². The molecule has 0 radical (unpaired) electrons. The fourth-order valence-electron chi connectivity index (χ4n) is 2.46. The third-order valence-corrected chi connectivity index (χ3v) is 3.92. The molecule has 22 heavy (non-hydrogen) atoms. The molecule has 1 aliphatic carbocycles. The number of benzene rings is 1. The molecular formula is C17H23N3O2. The number of hydrogen-bond donors (Lipinski definition) is 0. The van der Waals surface area contributed by atoms with E-state index in [1.165, 1.54) is 18.4 Å². The highest BCUT2D eigenvalue weighted by Gasteiger charge is 2.30. The van der Waals surface area contributed by atoms with Gasteiger partial charge in [0.2, 0.25) is 11.8 Å². The SMILES string of the molecule is COc1ccc(CN(Cc2nnc(C(C)C)o2)C2CC2)cc1. The highest BCUT2D eigenvalue weighted by molar-refractivity contribution is 5.27. The van der Waals surface area contributed by atoms with E-state index < -0.39 is 0 Å². The van der Waals surface area contributed by atoms with Crippen LogP contribution in [0.25, 0.3) is 0 Å². The molecule has 0 atom stereocenters. The minimum absolute atomic E-state index is 0.275. The van der Waals surface area contributed by atoms with E-state index in [-0.39, 0.29) is 5.92 Å². The molecule has 3 rings (SSSR count). The first kappa shape index (κ1) is 15.0. The zero-order valence-electron chi connectivity index (χ0n) is 13.5. The van der Waals surface area contributed by atoms with E-state index in [1.54, 1.807) is 7.11 Å². The van der Waals surface area contributed by atoms with E-state index in [9.17, 15) is 0 Å². The summed E-state index contributed by atoms with van der Waals surface area (Å²) >= 11 is 0. The standard InChI is InChI=1S/C17H23N3O2/c1-12(2)17-19-18-16(22-17)11-20(14-6-7-14)10-13-4-8-15(21-3)9-5-13/h4-5,8-9,12,14H,6-7,10-11H2,1-3H3. The zero-order valence-corrected chi connectivity index (χ0v) is 13.5. The first-order valence-corrected chi connectivity index (χ1v) is 7.85. The van der Waals surface area contributed by atoms with Crippen molar-refractivity contribution < 1.29 is 9.15 Å². The van der Waals surface area contributed by atoms with Gasteiger partial charge in [0.15, 0.2) is 0 Å². The first-order chi connectivity index (χ1) is 10.7. The van der Waals surface area contributed by atoms with Crippen LogP contribution in [0.5, 0.6) is 5.75 Å². The Morgan fingerprint density at radius 1 is 1.18 bits per heavy atom. The summed E-state index contributed by atoms with van der Waals surface area (Å²) in [4.78, 5) is 2.42. The minimum Gasteiger partial charge on any atom is -0.497 e. The Bertz CT molecular complexity index is 603. The molecular weight excluding hydrogens is 278 g/mol. The van der Waals surface area contributed by atoms with Crippen molar-refractivity contribution in [1.82, 2.24) is 15.1 Å². The van der Waals surface area contributed by atoms with Crippen molar-refractivity contribution in [3.8, 4) is 5.75 Å². The summed E-state index contributed by atoms with van der Waals surface area (Å²) in [6.07, 6.45) is 2.50. The molecule has 0 bridgehead atoms. The summed E-state index contributed by atoms with van der Waals surface area (Å²) in [5.74, 6) is 2.59. The summed E-state index contributed by atoms with van der Waals surface area (Å²) in [7, 11) is 1.69. The second kappa shape index (κ2) is 6.48. The fourth-order valence-corrected chi connectivity index (χ4v) is 2.46. The molecule has 0 amide bonds. The Morgan fingerprint density at radius 2 is 1.91 bits per heavy atom. The molecule has 1 aliphatic rings. The Kier molecular flexibility index (Phi) is 4.43. The van der Waals surface area contributed by atoms with Crippen molar-refractivity contribution in [2.75, 3.05) is 7.11 Å². The van der Waals surface area contributed by atoms with Crippen LogP contribution in [0.3, 0.4) is 0 Å². The number of aromatic nitrogens is 2. The average Bonchev–Trinajstić information content (AvgIpc) is 3.26. The highest BCUT2D eigenvalue weighted by atomic mass is 16.5. The second-order valence-corrected chi connectivity index (χ2v) is 6.17. The van der Waals surface area contributed by atoms with Crippen molar-refractivity contribution in [2.45, 2.75) is 51.7 Å². The van der Waals surface area contributed by atoms with Gasteiger partial charge in [0, 0.05) is 18.5 Å². The van der Waals surface area contributed by atoms with Crippen molar-refractivity contribution in [1.29, 1.82) is 0 Å². The van der Waals surface area contributed by atoms with E-state index in [1.807, 2.05) is 12.1 Å². The van der Waals surface area contributed by atoms with Gasteiger partial charge in [-0.1, -0.05) is 26.0 Å². The van der Waals surface area contributed by atoms with Crippen molar-refractivity contribution >= 4 is 0 Å². The summed E-state index contributed by atoms with van der Waals surface area (Å²) in [6, 6.07) is 8.87. The maximum atomic E-state index is 5.74. The molecule has 5 nitrogen and oxygen atoms in total. The average molecular weight is 301 g/mol. The van der Waals surface area contributed by atoms with E-state index in [2.05, 4.69) is 41.1 Å². The molecule has 118 valence electrons. The van der Waals surface area contributed by atoms with Crippen LogP contribution >= 0.6 is 0 Å². The Morgan fingerprint density at radius 3 is 2.45 bits per heavy atom. The van der Waals surface area contributed by atoms with Crippen LogP contribution < -0.4 is 4.74 Å². The van der Waals surface area contributed by atoms with Crippen LogP contribution in [0.4, 0.5) is 0 Å². The Hall–Kier alpha value is -1.88. The van der Waals surface area contributed by atoms with E-state index in [0.717, 1.165) is 24.7 Å². The number of ether oxygens (including phenoxy) is 1. The Labute approximate surface area is 131 Å². The third kappa shape index (κ3) is 3.65. The number of methoxy groups -OCH3 is 1. The number of hydrogen-bond acceptors (Lipinski definition) is 5.